The molecule has 0 aliphatic heterocycles. The molecule has 0 saturated carbocycles. The van der Waals surface area contributed by atoms with E-state index in [-0.39, 0.29) is 24.4 Å². The van der Waals surface area contributed by atoms with Gasteiger partial charge in [-0.25, -0.2) is 4.68 Å². The average molecular weight is 171 g/mol. The normalized spacial score (nSPS) is 10.5. The molecular weight excluding hydrogens is 158 g/mol. The fourth-order valence-corrected chi connectivity index (χ4v) is 1.08. The van der Waals surface area contributed by atoms with Crippen LogP contribution in [0.2, 0.25) is 0 Å². The molecule has 0 atom stereocenters. The number of aryl methyl sites for hydroxylation is 1. The van der Waals surface area contributed by atoms with E-state index in [9.17, 15) is 4.79 Å². The van der Waals surface area contributed by atoms with Crippen LogP contribution < -0.4 is 11.3 Å². The summed E-state index contributed by atoms with van der Waals surface area (Å²) >= 11 is 0. The summed E-state index contributed by atoms with van der Waals surface area (Å²) in [5, 5.41) is 11.4. The second-order valence-electron chi connectivity index (χ2n) is 2.54. The Morgan fingerprint density at radius 2 is 2.33 bits per heavy atom. The number of rotatable bonds is 3. The van der Waals surface area contributed by atoms with Gasteiger partial charge in [0, 0.05) is 0 Å². The summed E-state index contributed by atoms with van der Waals surface area (Å²) < 4.78 is 1.31. The number of hydrogen-bond donors (Lipinski definition) is 3. The summed E-state index contributed by atoms with van der Waals surface area (Å²) in [5.41, 5.74) is 6.23. The minimum atomic E-state index is -0.249. The first-order chi connectivity index (χ1) is 5.70. The van der Waals surface area contributed by atoms with Crippen molar-refractivity contribution in [3.63, 3.8) is 0 Å². The molecule has 0 saturated heterocycles. The molecule has 12 heavy (non-hydrogen) atoms. The molecule has 5 heteroatoms. The van der Waals surface area contributed by atoms with E-state index in [0.717, 1.165) is 5.69 Å². The van der Waals surface area contributed by atoms with E-state index >= 15 is 0 Å². The Hall–Kier alpha value is -1.23. The molecule has 4 N–H and O–H groups in total. The number of aromatic nitrogens is 2. The highest BCUT2D eigenvalue weighted by Gasteiger charge is 2.07. The fraction of sp³-hybridized carbons (Fsp3) is 0.571. The van der Waals surface area contributed by atoms with E-state index < -0.39 is 0 Å². The van der Waals surface area contributed by atoms with Crippen LogP contribution >= 0.6 is 0 Å². The molecule has 0 aromatic carbocycles. The molecule has 0 unspecified atom stereocenters. The third-order valence-electron chi connectivity index (χ3n) is 1.75. The number of aliphatic hydroxyl groups is 1. The third-order valence-corrected chi connectivity index (χ3v) is 1.75. The highest BCUT2D eigenvalue weighted by atomic mass is 16.3. The van der Waals surface area contributed by atoms with E-state index in [1.807, 2.05) is 6.92 Å². The van der Waals surface area contributed by atoms with Gasteiger partial charge in [0.2, 0.25) is 0 Å². The van der Waals surface area contributed by atoms with Crippen LogP contribution in [0.3, 0.4) is 0 Å². The Labute approximate surface area is 69.8 Å². The van der Waals surface area contributed by atoms with Crippen LogP contribution in [0.4, 0.5) is 5.69 Å². The van der Waals surface area contributed by atoms with Crippen molar-refractivity contribution in [1.82, 2.24) is 9.78 Å². The first kappa shape index (κ1) is 8.86. The van der Waals surface area contributed by atoms with Gasteiger partial charge >= 0.3 is 0 Å². The Balaban J connectivity index is 3.07. The molecule has 0 spiro atoms. The van der Waals surface area contributed by atoms with Gasteiger partial charge in [0.1, 0.15) is 5.69 Å². The quantitative estimate of drug-likeness (QED) is 0.563. The van der Waals surface area contributed by atoms with Gasteiger partial charge in [0.25, 0.3) is 5.56 Å². The second kappa shape index (κ2) is 3.44. The first-order valence-electron chi connectivity index (χ1n) is 3.88. The first-order valence-corrected chi connectivity index (χ1v) is 3.88. The Bertz CT molecular complexity index is 313. The van der Waals surface area contributed by atoms with Crippen molar-refractivity contribution in [2.24, 2.45) is 0 Å². The van der Waals surface area contributed by atoms with Gasteiger partial charge in [-0.15, -0.1) is 0 Å². The zero-order valence-corrected chi connectivity index (χ0v) is 7.00. The number of nitrogens with zero attached hydrogens (tertiary/aromatic N) is 1. The van der Waals surface area contributed by atoms with Crippen LogP contribution in [0.5, 0.6) is 0 Å². The number of H-pyrrole nitrogens is 1. The minimum Gasteiger partial charge on any atom is -0.394 e. The molecule has 1 aromatic heterocycles. The van der Waals surface area contributed by atoms with Crippen LogP contribution in [0.15, 0.2) is 4.79 Å². The summed E-state index contributed by atoms with van der Waals surface area (Å²) in [6.45, 7) is 2.11. The largest absolute Gasteiger partial charge is 0.394 e. The van der Waals surface area contributed by atoms with Crippen LogP contribution in [0.1, 0.15) is 12.6 Å². The standard InChI is InChI=1S/C7H13N3O2/c1-2-5-6(8)7(12)10(9-5)3-4-11/h9,11H,2-4,8H2,1H3. The maximum Gasteiger partial charge on any atom is 0.289 e. The highest BCUT2D eigenvalue weighted by molar-refractivity contribution is 5.40. The minimum absolute atomic E-state index is 0.0665. The lowest BCUT2D eigenvalue weighted by atomic mass is 10.3. The second-order valence-corrected chi connectivity index (χ2v) is 2.54. The molecule has 0 aliphatic carbocycles. The zero-order chi connectivity index (χ0) is 9.14. The molecular formula is C7H13N3O2. The molecule has 0 aliphatic rings. The number of nitrogens with two attached hydrogens (primary N) is 1. The van der Waals surface area contributed by atoms with Gasteiger partial charge in [-0.3, -0.25) is 9.89 Å². The topological polar surface area (TPSA) is 84.0 Å². The van der Waals surface area contributed by atoms with Crippen molar-refractivity contribution >= 4 is 5.69 Å². The van der Waals surface area contributed by atoms with Gasteiger partial charge in [0.15, 0.2) is 0 Å². The maximum atomic E-state index is 11.2. The van der Waals surface area contributed by atoms with Gasteiger partial charge in [-0.2, -0.15) is 0 Å². The highest BCUT2D eigenvalue weighted by Crippen LogP contribution is 2.02. The van der Waals surface area contributed by atoms with Crippen LogP contribution in [-0.2, 0) is 13.0 Å². The summed E-state index contributed by atoms with van der Waals surface area (Å²) in [6, 6.07) is 0. The number of nitrogens with one attached hydrogen (secondary N) is 1. The van der Waals surface area contributed by atoms with Crippen molar-refractivity contribution in [2.75, 3.05) is 12.3 Å². The molecule has 1 heterocycles. The number of hydrogen-bond acceptors (Lipinski definition) is 3. The van der Waals surface area contributed by atoms with E-state index in [2.05, 4.69) is 5.10 Å². The van der Waals surface area contributed by atoms with Crippen LogP contribution in [-0.4, -0.2) is 21.5 Å². The Morgan fingerprint density at radius 1 is 1.67 bits per heavy atom. The number of anilines is 1. The van der Waals surface area contributed by atoms with Gasteiger partial charge in [-0.05, 0) is 6.42 Å². The van der Waals surface area contributed by atoms with Crippen molar-refractivity contribution in [3.05, 3.63) is 16.0 Å². The molecule has 0 radical (unpaired) electrons. The maximum absolute atomic E-state index is 11.2. The van der Waals surface area contributed by atoms with E-state index in [1.54, 1.807) is 0 Å². The lowest BCUT2D eigenvalue weighted by Gasteiger charge is -1.95. The predicted molar refractivity (Wildman–Crippen MR) is 45.9 cm³/mol. The predicted octanol–water partition coefficient (Wildman–Crippen LogP) is -0.687. The lowest BCUT2D eigenvalue weighted by molar-refractivity contribution is 0.267. The summed E-state index contributed by atoms with van der Waals surface area (Å²) in [4.78, 5) is 11.2. The molecule has 1 aromatic rings. The summed E-state index contributed by atoms with van der Waals surface area (Å²) in [6.07, 6.45) is 0.694. The number of aliphatic hydroxyl groups excluding tert-OH is 1. The monoisotopic (exact) mass is 171 g/mol. The Morgan fingerprint density at radius 3 is 2.75 bits per heavy atom. The average Bonchev–Trinajstić information content (AvgIpc) is 2.33. The van der Waals surface area contributed by atoms with Gasteiger partial charge < -0.3 is 10.8 Å². The van der Waals surface area contributed by atoms with E-state index in [0.29, 0.717) is 6.42 Å². The summed E-state index contributed by atoms with van der Waals surface area (Å²) in [5.74, 6) is 0. The fourth-order valence-electron chi connectivity index (χ4n) is 1.08. The van der Waals surface area contributed by atoms with Gasteiger partial charge in [-0.1, -0.05) is 6.92 Å². The van der Waals surface area contributed by atoms with Crippen molar-refractivity contribution in [1.29, 1.82) is 0 Å². The number of nitrogen functional groups attached to an aromatic ring is 1. The lowest BCUT2D eigenvalue weighted by Crippen LogP contribution is -2.20. The Kier molecular flexibility index (Phi) is 2.54. The molecule has 0 bridgehead atoms. The molecule has 0 amide bonds. The van der Waals surface area contributed by atoms with E-state index in [1.165, 1.54) is 4.68 Å². The number of aromatic amines is 1. The van der Waals surface area contributed by atoms with Crippen molar-refractivity contribution in [3.8, 4) is 0 Å². The smallest absolute Gasteiger partial charge is 0.289 e. The van der Waals surface area contributed by atoms with Gasteiger partial charge in [0.05, 0.1) is 18.8 Å². The molecule has 1 rings (SSSR count). The molecule has 68 valence electrons. The van der Waals surface area contributed by atoms with E-state index in [4.69, 9.17) is 10.8 Å². The SMILES string of the molecule is CCc1[nH]n(CCO)c(=O)c1N. The molecule has 5 nitrogen and oxygen atoms in total. The van der Waals surface area contributed by atoms with Crippen LogP contribution in [0.25, 0.3) is 0 Å². The third kappa shape index (κ3) is 1.35. The summed E-state index contributed by atoms with van der Waals surface area (Å²) in [7, 11) is 0. The van der Waals surface area contributed by atoms with Crippen molar-refractivity contribution < 1.29 is 5.11 Å². The molecule has 0 fully saturated rings. The zero-order valence-electron chi connectivity index (χ0n) is 7.00. The van der Waals surface area contributed by atoms with Crippen LogP contribution in [0, 0.1) is 0 Å². The van der Waals surface area contributed by atoms with Crippen molar-refractivity contribution in [2.45, 2.75) is 19.9 Å².